The van der Waals surface area contributed by atoms with Crippen molar-refractivity contribution in [2.45, 2.75) is 32.9 Å². The molecule has 0 aliphatic carbocycles. The number of benzene rings is 1. The summed E-state index contributed by atoms with van der Waals surface area (Å²) in [6.45, 7) is 8.55. The number of nitrogens with one attached hydrogen (secondary N) is 1. The molecule has 0 radical (unpaired) electrons. The summed E-state index contributed by atoms with van der Waals surface area (Å²) in [6.07, 6.45) is 0. The number of nitrogens with zero attached hydrogens (tertiary/aromatic N) is 2. The molecule has 0 aliphatic rings. The van der Waals surface area contributed by atoms with Crippen molar-refractivity contribution in [1.82, 2.24) is 10.2 Å². The molecule has 98 valence electrons. The second-order valence-corrected chi connectivity index (χ2v) is 4.98. The van der Waals surface area contributed by atoms with Gasteiger partial charge >= 0.3 is 0 Å². The third-order valence-electron chi connectivity index (χ3n) is 3.34. The Bertz CT molecular complexity index is 389. The van der Waals surface area contributed by atoms with Crippen molar-refractivity contribution in [2.75, 3.05) is 20.1 Å². The molecular formula is C15H23N3. The highest BCUT2D eigenvalue weighted by atomic mass is 15.1. The highest BCUT2D eigenvalue weighted by molar-refractivity contribution is 5.32. The molecule has 3 heteroatoms. The minimum absolute atomic E-state index is 0.318. The maximum atomic E-state index is 8.75. The quantitative estimate of drug-likeness (QED) is 0.837. The molecule has 3 nitrogen and oxygen atoms in total. The van der Waals surface area contributed by atoms with Crippen molar-refractivity contribution in [3.05, 3.63) is 35.4 Å². The van der Waals surface area contributed by atoms with Crippen molar-refractivity contribution in [2.24, 2.45) is 0 Å². The smallest absolute Gasteiger partial charge is 0.0991 e. The lowest BCUT2D eigenvalue weighted by molar-refractivity contribution is 0.270. The average Bonchev–Trinajstić information content (AvgIpc) is 2.38. The Hall–Kier alpha value is -1.37. The molecule has 1 aromatic rings. The molecule has 0 bridgehead atoms. The van der Waals surface area contributed by atoms with Gasteiger partial charge in [-0.05, 0) is 45.5 Å². The fourth-order valence-corrected chi connectivity index (χ4v) is 1.68. The van der Waals surface area contributed by atoms with Crippen LogP contribution in [0.2, 0.25) is 0 Å². The van der Waals surface area contributed by atoms with E-state index in [1.54, 1.807) is 0 Å². The van der Waals surface area contributed by atoms with Gasteiger partial charge in [0.05, 0.1) is 11.6 Å². The van der Waals surface area contributed by atoms with Crippen LogP contribution in [0.1, 0.15) is 37.9 Å². The van der Waals surface area contributed by atoms with Gasteiger partial charge in [0, 0.05) is 25.2 Å². The van der Waals surface area contributed by atoms with Gasteiger partial charge in [0.1, 0.15) is 0 Å². The van der Waals surface area contributed by atoms with Crippen molar-refractivity contribution < 1.29 is 0 Å². The zero-order valence-corrected chi connectivity index (χ0v) is 11.8. The van der Waals surface area contributed by atoms with E-state index in [9.17, 15) is 0 Å². The number of nitriles is 1. The number of hydrogen-bond donors (Lipinski definition) is 1. The summed E-state index contributed by atoms with van der Waals surface area (Å²) in [4.78, 5) is 2.32. The van der Waals surface area contributed by atoms with E-state index < -0.39 is 0 Å². The molecule has 0 saturated carbocycles. The van der Waals surface area contributed by atoms with Crippen LogP contribution in [-0.2, 0) is 0 Å². The Labute approximate surface area is 110 Å². The Morgan fingerprint density at radius 1 is 1.22 bits per heavy atom. The van der Waals surface area contributed by atoms with Crippen LogP contribution in [0.5, 0.6) is 0 Å². The monoisotopic (exact) mass is 245 g/mol. The summed E-state index contributed by atoms with van der Waals surface area (Å²) >= 11 is 0. The highest BCUT2D eigenvalue weighted by Gasteiger charge is 2.06. The van der Waals surface area contributed by atoms with Crippen molar-refractivity contribution >= 4 is 0 Å². The molecule has 1 unspecified atom stereocenters. The fourth-order valence-electron chi connectivity index (χ4n) is 1.68. The first-order chi connectivity index (χ1) is 8.54. The molecule has 1 N–H and O–H groups in total. The standard InChI is InChI=1S/C15H23N3/c1-12(2)18(4)10-9-17-13(3)15-7-5-14(11-16)6-8-15/h5-8,12-13,17H,9-10H2,1-4H3. The third kappa shape index (κ3) is 4.48. The SMILES string of the molecule is CC(NCCN(C)C(C)C)c1ccc(C#N)cc1. The van der Waals surface area contributed by atoms with Gasteiger partial charge < -0.3 is 10.2 Å². The van der Waals surface area contributed by atoms with Crippen molar-refractivity contribution in [3.8, 4) is 6.07 Å². The van der Waals surface area contributed by atoms with E-state index in [1.807, 2.05) is 24.3 Å². The van der Waals surface area contributed by atoms with Crippen LogP contribution < -0.4 is 5.32 Å². The van der Waals surface area contributed by atoms with Crippen LogP contribution in [0.15, 0.2) is 24.3 Å². The van der Waals surface area contributed by atoms with Gasteiger partial charge in [-0.15, -0.1) is 0 Å². The van der Waals surface area contributed by atoms with Crippen molar-refractivity contribution in [3.63, 3.8) is 0 Å². The normalized spacial score (nSPS) is 12.7. The van der Waals surface area contributed by atoms with E-state index >= 15 is 0 Å². The number of rotatable bonds is 6. The van der Waals surface area contributed by atoms with E-state index in [0.717, 1.165) is 13.1 Å². The summed E-state index contributed by atoms with van der Waals surface area (Å²) in [7, 11) is 2.14. The Kier molecular flexibility index (Phi) is 5.84. The Balaban J connectivity index is 2.40. The molecule has 18 heavy (non-hydrogen) atoms. The fraction of sp³-hybridized carbons (Fsp3) is 0.533. The van der Waals surface area contributed by atoms with Gasteiger partial charge in [-0.2, -0.15) is 5.26 Å². The molecule has 0 spiro atoms. The topological polar surface area (TPSA) is 39.1 Å². The number of likely N-dealkylation sites (N-methyl/N-ethyl adjacent to an activating group) is 1. The van der Waals surface area contributed by atoms with E-state index in [-0.39, 0.29) is 0 Å². The first-order valence-electron chi connectivity index (χ1n) is 6.48. The molecule has 0 heterocycles. The van der Waals surface area contributed by atoms with E-state index in [0.29, 0.717) is 17.6 Å². The summed E-state index contributed by atoms with van der Waals surface area (Å²) in [5.41, 5.74) is 1.94. The lowest BCUT2D eigenvalue weighted by Gasteiger charge is -2.22. The molecule has 0 saturated heterocycles. The molecule has 1 atom stereocenters. The minimum Gasteiger partial charge on any atom is -0.309 e. The zero-order valence-electron chi connectivity index (χ0n) is 11.8. The van der Waals surface area contributed by atoms with E-state index in [1.165, 1.54) is 5.56 Å². The summed E-state index contributed by atoms with van der Waals surface area (Å²) in [5.74, 6) is 0. The summed E-state index contributed by atoms with van der Waals surface area (Å²) in [6, 6.07) is 10.8. The second kappa shape index (κ2) is 7.15. The molecular weight excluding hydrogens is 222 g/mol. The second-order valence-electron chi connectivity index (χ2n) is 4.98. The van der Waals surface area contributed by atoms with Gasteiger partial charge in [0.25, 0.3) is 0 Å². The van der Waals surface area contributed by atoms with Crippen molar-refractivity contribution in [1.29, 1.82) is 5.26 Å². The largest absolute Gasteiger partial charge is 0.309 e. The predicted octanol–water partition coefficient (Wildman–Crippen LogP) is 2.55. The zero-order chi connectivity index (χ0) is 13.5. The third-order valence-corrected chi connectivity index (χ3v) is 3.34. The predicted molar refractivity (Wildman–Crippen MR) is 75.3 cm³/mol. The van der Waals surface area contributed by atoms with E-state index in [4.69, 9.17) is 5.26 Å². The van der Waals surface area contributed by atoms with Crippen LogP contribution >= 0.6 is 0 Å². The molecule has 1 aromatic carbocycles. The molecule has 0 aromatic heterocycles. The minimum atomic E-state index is 0.318. The molecule has 1 rings (SSSR count). The average molecular weight is 245 g/mol. The van der Waals surface area contributed by atoms with Gasteiger partial charge in [-0.1, -0.05) is 12.1 Å². The van der Waals surface area contributed by atoms with Crippen LogP contribution in [0.3, 0.4) is 0 Å². The molecule has 0 fully saturated rings. The van der Waals surface area contributed by atoms with Gasteiger partial charge in [0.2, 0.25) is 0 Å². The van der Waals surface area contributed by atoms with Gasteiger partial charge in [0.15, 0.2) is 0 Å². The first kappa shape index (κ1) is 14.7. The first-order valence-corrected chi connectivity index (χ1v) is 6.48. The maximum absolute atomic E-state index is 8.75. The lowest BCUT2D eigenvalue weighted by atomic mass is 10.1. The highest BCUT2D eigenvalue weighted by Crippen LogP contribution is 2.12. The van der Waals surface area contributed by atoms with Crippen LogP contribution in [0.4, 0.5) is 0 Å². The Morgan fingerprint density at radius 2 is 1.83 bits per heavy atom. The Morgan fingerprint density at radius 3 is 2.33 bits per heavy atom. The molecule has 0 aliphatic heterocycles. The van der Waals surface area contributed by atoms with E-state index in [2.05, 4.69) is 44.1 Å². The van der Waals surface area contributed by atoms with Crippen LogP contribution in [0, 0.1) is 11.3 Å². The van der Waals surface area contributed by atoms with Gasteiger partial charge in [-0.25, -0.2) is 0 Å². The number of hydrogen-bond acceptors (Lipinski definition) is 3. The van der Waals surface area contributed by atoms with Crippen LogP contribution in [0.25, 0.3) is 0 Å². The van der Waals surface area contributed by atoms with Gasteiger partial charge in [-0.3, -0.25) is 0 Å². The summed E-state index contributed by atoms with van der Waals surface area (Å²) < 4.78 is 0. The van der Waals surface area contributed by atoms with Crippen LogP contribution in [-0.4, -0.2) is 31.1 Å². The lowest BCUT2D eigenvalue weighted by Crippen LogP contribution is -2.34. The molecule has 0 amide bonds. The summed E-state index contributed by atoms with van der Waals surface area (Å²) in [5, 5.41) is 12.2. The maximum Gasteiger partial charge on any atom is 0.0991 e.